The third-order valence-corrected chi connectivity index (χ3v) is 4.66. The van der Waals surface area contributed by atoms with Gasteiger partial charge in [-0.1, -0.05) is 52.1 Å². The van der Waals surface area contributed by atoms with Gasteiger partial charge in [-0.05, 0) is 29.8 Å². The van der Waals surface area contributed by atoms with E-state index in [0.29, 0.717) is 10.6 Å². The number of carbonyl (C=O) groups is 1. The molecule has 2 N–H and O–H groups in total. The molecule has 24 heavy (non-hydrogen) atoms. The lowest BCUT2D eigenvalue weighted by atomic mass is 10.2. The molecule has 0 spiro atoms. The smallest absolute Gasteiger partial charge is 0.313 e. The number of nitrogens with zero attached hydrogens (tertiary/aromatic N) is 1. The van der Waals surface area contributed by atoms with Crippen molar-refractivity contribution < 1.29 is 18.0 Å². The quantitative estimate of drug-likeness (QED) is 0.476. The average Bonchev–Trinajstić information content (AvgIpc) is 2.45. The van der Waals surface area contributed by atoms with Gasteiger partial charge in [0, 0.05) is 5.02 Å². The predicted octanol–water partition coefficient (Wildman–Crippen LogP) is 3.49. The molecule has 0 aromatic heterocycles. The summed E-state index contributed by atoms with van der Waals surface area (Å²) >= 11 is 17.4. The fourth-order valence-electron chi connectivity index (χ4n) is 1.67. The highest BCUT2D eigenvalue weighted by Gasteiger charge is 2.20. The summed E-state index contributed by atoms with van der Waals surface area (Å²) in [7, 11) is -4.13. The van der Waals surface area contributed by atoms with E-state index in [-0.39, 0.29) is 15.6 Å². The monoisotopic (exact) mass is 406 g/mol. The molecule has 0 aliphatic carbocycles. The van der Waals surface area contributed by atoms with Gasteiger partial charge in [0.15, 0.2) is 0 Å². The lowest BCUT2D eigenvalue weighted by Crippen LogP contribution is -2.14. The van der Waals surface area contributed by atoms with Crippen molar-refractivity contribution in [3.8, 4) is 0 Å². The van der Waals surface area contributed by atoms with Gasteiger partial charge in [-0.15, -0.1) is 0 Å². The van der Waals surface area contributed by atoms with Gasteiger partial charge in [0.05, 0.1) is 21.8 Å². The van der Waals surface area contributed by atoms with Crippen LogP contribution in [0, 0.1) is 0 Å². The van der Waals surface area contributed by atoms with Crippen molar-refractivity contribution in [1.29, 1.82) is 0 Å². The molecule has 6 nitrogen and oxygen atoms in total. The zero-order valence-corrected chi connectivity index (χ0v) is 14.8. The molecular weight excluding hydrogens is 399 g/mol. The number of halogens is 3. The van der Waals surface area contributed by atoms with Crippen LogP contribution in [0.4, 0.5) is 0 Å². The summed E-state index contributed by atoms with van der Waals surface area (Å²) in [6, 6.07) is 8.68. The highest BCUT2D eigenvalue weighted by atomic mass is 35.5. The molecule has 2 aromatic rings. The van der Waals surface area contributed by atoms with E-state index in [1.165, 1.54) is 6.21 Å². The third kappa shape index (κ3) is 4.68. The van der Waals surface area contributed by atoms with Gasteiger partial charge in [-0.3, -0.25) is 0 Å². The van der Waals surface area contributed by atoms with Crippen molar-refractivity contribution in [3.63, 3.8) is 0 Å². The zero-order valence-electron chi connectivity index (χ0n) is 11.7. The highest BCUT2D eigenvalue weighted by molar-refractivity contribution is 7.89. The Bertz CT molecular complexity index is 930. The lowest BCUT2D eigenvalue weighted by molar-refractivity contribution is 0.0519. The number of rotatable bonds is 4. The van der Waals surface area contributed by atoms with Crippen molar-refractivity contribution in [2.75, 3.05) is 0 Å². The van der Waals surface area contributed by atoms with Gasteiger partial charge in [-0.25, -0.2) is 18.4 Å². The van der Waals surface area contributed by atoms with E-state index in [9.17, 15) is 13.2 Å². The van der Waals surface area contributed by atoms with Crippen LogP contribution >= 0.6 is 34.8 Å². The number of oxime groups is 1. The van der Waals surface area contributed by atoms with Gasteiger partial charge in [0.25, 0.3) is 0 Å². The van der Waals surface area contributed by atoms with Crippen molar-refractivity contribution in [3.05, 3.63) is 62.6 Å². The zero-order chi connectivity index (χ0) is 17.9. The lowest BCUT2D eigenvalue weighted by Gasteiger charge is -2.06. The van der Waals surface area contributed by atoms with E-state index in [2.05, 4.69) is 9.99 Å². The first-order valence-electron chi connectivity index (χ1n) is 6.20. The average molecular weight is 408 g/mol. The molecule has 0 aliphatic rings. The first-order chi connectivity index (χ1) is 11.2. The molecule has 10 heteroatoms. The number of carbonyl (C=O) groups excluding carboxylic acids is 1. The number of benzene rings is 2. The Labute approximate surface area is 152 Å². The van der Waals surface area contributed by atoms with E-state index < -0.39 is 20.9 Å². The first kappa shape index (κ1) is 18.7. The molecule has 0 unspecified atom stereocenters. The van der Waals surface area contributed by atoms with E-state index >= 15 is 0 Å². The van der Waals surface area contributed by atoms with E-state index in [4.69, 9.17) is 39.9 Å². The third-order valence-electron chi connectivity index (χ3n) is 2.73. The number of nitrogens with two attached hydrogens (primary N) is 1. The summed E-state index contributed by atoms with van der Waals surface area (Å²) in [5, 5.41) is 8.71. The van der Waals surface area contributed by atoms with Gasteiger partial charge < -0.3 is 4.84 Å². The van der Waals surface area contributed by atoms with Crippen LogP contribution < -0.4 is 5.14 Å². The van der Waals surface area contributed by atoms with Gasteiger partial charge in [0.1, 0.15) is 4.90 Å². The maximum atomic E-state index is 12.0. The highest BCUT2D eigenvalue weighted by Crippen LogP contribution is 2.28. The summed E-state index contributed by atoms with van der Waals surface area (Å²) in [5.41, 5.74) is 0.357. The van der Waals surface area contributed by atoms with E-state index in [0.717, 1.165) is 12.1 Å². The van der Waals surface area contributed by atoms with Gasteiger partial charge in [0.2, 0.25) is 10.0 Å². The largest absolute Gasteiger partial charge is 0.367 e. The molecule has 0 atom stereocenters. The van der Waals surface area contributed by atoms with Crippen LogP contribution in [-0.4, -0.2) is 20.6 Å². The summed E-state index contributed by atoms with van der Waals surface area (Å²) in [4.78, 5) is 16.2. The summed E-state index contributed by atoms with van der Waals surface area (Å²) in [6.07, 6.45) is 1.26. The Morgan fingerprint density at radius 2 is 1.83 bits per heavy atom. The molecule has 0 saturated heterocycles. The molecule has 0 aliphatic heterocycles. The second-order valence-corrected chi connectivity index (χ2v) is 7.26. The Morgan fingerprint density at radius 1 is 1.12 bits per heavy atom. The minimum absolute atomic E-state index is 0.102. The molecule has 0 fully saturated rings. The van der Waals surface area contributed by atoms with Crippen LogP contribution in [0.15, 0.2) is 46.4 Å². The number of primary sulfonamides is 1. The normalized spacial score (nSPS) is 11.7. The SMILES string of the molecule is NS(=O)(=O)c1cc(C(=O)O/N=C/c2cccc(Cl)c2)c(Cl)cc1Cl. The summed E-state index contributed by atoms with van der Waals surface area (Å²) < 4.78 is 22.9. The number of hydrogen-bond donors (Lipinski definition) is 1. The second-order valence-electron chi connectivity index (χ2n) is 4.48. The Hall–Kier alpha value is -1.64. The molecule has 126 valence electrons. The summed E-state index contributed by atoms with van der Waals surface area (Å²) in [5.74, 6) is -0.972. The molecule has 2 aromatic carbocycles. The van der Waals surface area contributed by atoms with Crippen molar-refractivity contribution in [1.82, 2.24) is 0 Å². The molecule has 0 heterocycles. The van der Waals surface area contributed by atoms with Gasteiger partial charge >= 0.3 is 5.97 Å². The molecular formula is C14H9Cl3N2O4S. The van der Waals surface area contributed by atoms with Crippen LogP contribution in [0.5, 0.6) is 0 Å². The van der Waals surface area contributed by atoms with Gasteiger partial charge in [-0.2, -0.15) is 0 Å². The fourth-order valence-corrected chi connectivity index (χ4v) is 3.27. The Balaban J connectivity index is 2.24. The van der Waals surface area contributed by atoms with Crippen LogP contribution in [0.1, 0.15) is 15.9 Å². The first-order valence-corrected chi connectivity index (χ1v) is 8.88. The minimum atomic E-state index is -4.13. The maximum Gasteiger partial charge on any atom is 0.367 e. The Kier molecular flexibility index (Phi) is 5.84. The number of sulfonamides is 1. The predicted molar refractivity (Wildman–Crippen MR) is 92.3 cm³/mol. The van der Waals surface area contributed by atoms with E-state index in [1.54, 1.807) is 24.3 Å². The topological polar surface area (TPSA) is 98.8 Å². The van der Waals surface area contributed by atoms with Crippen LogP contribution in [0.3, 0.4) is 0 Å². The van der Waals surface area contributed by atoms with Crippen LogP contribution in [0.2, 0.25) is 15.1 Å². The maximum absolute atomic E-state index is 12.0. The molecule has 2 rings (SSSR count). The molecule has 0 saturated carbocycles. The minimum Gasteiger partial charge on any atom is -0.313 e. The van der Waals surface area contributed by atoms with Crippen LogP contribution in [-0.2, 0) is 14.9 Å². The fraction of sp³-hybridized carbons (Fsp3) is 0. The van der Waals surface area contributed by atoms with Crippen molar-refractivity contribution in [2.45, 2.75) is 4.90 Å². The van der Waals surface area contributed by atoms with Crippen LogP contribution in [0.25, 0.3) is 0 Å². The molecule has 0 radical (unpaired) electrons. The second kappa shape index (κ2) is 7.50. The number of hydrogen-bond acceptors (Lipinski definition) is 5. The molecule has 0 bridgehead atoms. The van der Waals surface area contributed by atoms with Crippen molar-refractivity contribution >= 4 is 57.0 Å². The summed E-state index contributed by atoms with van der Waals surface area (Å²) in [6.45, 7) is 0. The molecule has 0 amide bonds. The van der Waals surface area contributed by atoms with E-state index in [1.807, 2.05) is 0 Å². The van der Waals surface area contributed by atoms with Crippen molar-refractivity contribution in [2.24, 2.45) is 10.3 Å². The Morgan fingerprint density at radius 3 is 2.46 bits per heavy atom. The standard InChI is InChI=1S/C14H9Cl3N2O4S/c15-9-3-1-2-8(4-9)7-19-23-14(20)10-5-13(24(18,21)22)12(17)6-11(10)16/h1-7H,(H2,18,21,22)/b19-7+.